The van der Waals surface area contributed by atoms with Crippen LogP contribution >= 0.6 is 15.9 Å². The Kier molecular flexibility index (Phi) is 6.68. The third-order valence-electron chi connectivity index (χ3n) is 2.59. The van der Waals surface area contributed by atoms with Crippen LogP contribution in [0.3, 0.4) is 0 Å². The molecule has 1 unspecified atom stereocenters. The minimum Gasteiger partial charge on any atom is -0.348 e. The molecule has 1 amide bonds. The van der Waals surface area contributed by atoms with Crippen LogP contribution in [0.15, 0.2) is 41.4 Å². The molecule has 3 nitrogen and oxygen atoms in total. The van der Waals surface area contributed by atoms with E-state index in [1.54, 1.807) is 6.08 Å². The molecule has 0 heterocycles. The number of hydrogen-bond acceptors (Lipinski definition) is 2. The van der Waals surface area contributed by atoms with E-state index in [4.69, 9.17) is 0 Å². The van der Waals surface area contributed by atoms with Crippen LogP contribution in [-0.4, -0.2) is 19.0 Å². The minimum absolute atomic E-state index is 0.00613. The molecule has 98 valence electrons. The Morgan fingerprint density at radius 3 is 2.67 bits per heavy atom. The highest BCUT2D eigenvalue weighted by Crippen LogP contribution is 2.19. The highest BCUT2D eigenvalue weighted by Gasteiger charge is 2.11. The van der Waals surface area contributed by atoms with Crippen LogP contribution in [0, 0.1) is 0 Å². The maximum absolute atomic E-state index is 11.7. The van der Waals surface area contributed by atoms with Crippen LogP contribution in [-0.2, 0) is 4.79 Å². The first kappa shape index (κ1) is 14.9. The molecule has 0 aliphatic rings. The summed E-state index contributed by atoms with van der Waals surface area (Å²) in [5.41, 5.74) is 1.12. The summed E-state index contributed by atoms with van der Waals surface area (Å²) in [7, 11) is 0. The van der Waals surface area contributed by atoms with Crippen molar-refractivity contribution in [2.75, 3.05) is 13.1 Å². The Labute approximate surface area is 117 Å². The molecule has 0 aliphatic carbocycles. The summed E-state index contributed by atoms with van der Waals surface area (Å²) in [6.07, 6.45) is 2.61. The lowest BCUT2D eigenvalue weighted by molar-refractivity contribution is -0.121. The van der Waals surface area contributed by atoms with Crippen molar-refractivity contribution in [1.29, 1.82) is 0 Å². The van der Waals surface area contributed by atoms with Gasteiger partial charge < -0.3 is 10.6 Å². The van der Waals surface area contributed by atoms with Gasteiger partial charge in [-0.1, -0.05) is 41.1 Å². The molecule has 4 heteroatoms. The van der Waals surface area contributed by atoms with Gasteiger partial charge in [0.15, 0.2) is 0 Å². The lowest BCUT2D eigenvalue weighted by Gasteiger charge is -2.17. The van der Waals surface area contributed by atoms with E-state index in [9.17, 15) is 4.79 Å². The van der Waals surface area contributed by atoms with Gasteiger partial charge in [-0.2, -0.15) is 0 Å². The molecular formula is C14H19BrN2O. The van der Waals surface area contributed by atoms with Crippen molar-refractivity contribution >= 4 is 21.8 Å². The van der Waals surface area contributed by atoms with E-state index in [1.165, 1.54) is 0 Å². The zero-order valence-electron chi connectivity index (χ0n) is 10.6. The Hall–Kier alpha value is -1.13. The second kappa shape index (κ2) is 8.06. The van der Waals surface area contributed by atoms with Gasteiger partial charge >= 0.3 is 0 Å². The first-order valence-corrected chi connectivity index (χ1v) is 6.83. The van der Waals surface area contributed by atoms with Crippen LogP contribution in [0.2, 0.25) is 0 Å². The van der Waals surface area contributed by atoms with Crippen molar-refractivity contribution in [3.8, 4) is 0 Å². The first-order valence-electron chi connectivity index (χ1n) is 6.03. The summed E-state index contributed by atoms with van der Waals surface area (Å²) in [5, 5.41) is 6.00. The quantitative estimate of drug-likeness (QED) is 0.600. The van der Waals surface area contributed by atoms with Crippen LogP contribution in [0.1, 0.15) is 24.9 Å². The summed E-state index contributed by atoms with van der Waals surface area (Å²) in [6, 6.07) is 8.09. The number of hydrogen-bond donors (Lipinski definition) is 2. The molecule has 1 atom stereocenters. The van der Waals surface area contributed by atoms with Gasteiger partial charge in [-0.05, 0) is 24.1 Å². The van der Waals surface area contributed by atoms with E-state index in [-0.39, 0.29) is 11.9 Å². The lowest BCUT2D eigenvalue weighted by atomic mass is 10.0. The van der Waals surface area contributed by atoms with Gasteiger partial charge in [-0.3, -0.25) is 4.79 Å². The molecule has 0 aliphatic heterocycles. The molecule has 2 N–H and O–H groups in total. The summed E-state index contributed by atoms with van der Waals surface area (Å²) >= 11 is 3.40. The summed E-state index contributed by atoms with van der Waals surface area (Å²) in [5.74, 6) is 0.00613. The number of amides is 1. The van der Waals surface area contributed by atoms with E-state index in [2.05, 4.69) is 40.1 Å². The van der Waals surface area contributed by atoms with Gasteiger partial charge in [0.25, 0.3) is 0 Å². The maximum atomic E-state index is 11.7. The largest absolute Gasteiger partial charge is 0.348 e. The Morgan fingerprint density at radius 2 is 2.11 bits per heavy atom. The van der Waals surface area contributed by atoms with Crippen molar-refractivity contribution in [3.05, 3.63) is 47.0 Å². The minimum atomic E-state index is 0.00613. The molecular weight excluding hydrogens is 292 g/mol. The molecule has 0 fully saturated rings. The molecule has 0 saturated heterocycles. The number of carbonyl (C=O) groups excluding carboxylic acids is 1. The second-order valence-electron chi connectivity index (χ2n) is 4.00. The van der Waals surface area contributed by atoms with Crippen molar-refractivity contribution in [1.82, 2.24) is 10.6 Å². The fourth-order valence-electron chi connectivity index (χ4n) is 1.65. The molecule has 0 saturated carbocycles. The van der Waals surface area contributed by atoms with Crippen LogP contribution in [0.5, 0.6) is 0 Å². The molecule has 0 aromatic heterocycles. The van der Waals surface area contributed by atoms with Gasteiger partial charge in [-0.25, -0.2) is 0 Å². The summed E-state index contributed by atoms with van der Waals surface area (Å²) in [4.78, 5) is 11.7. The molecule has 18 heavy (non-hydrogen) atoms. The second-order valence-corrected chi connectivity index (χ2v) is 4.92. The first-order chi connectivity index (χ1) is 8.67. The number of halogens is 1. The molecule has 1 aromatic carbocycles. The Morgan fingerprint density at radius 1 is 1.44 bits per heavy atom. The van der Waals surface area contributed by atoms with Crippen molar-refractivity contribution < 1.29 is 4.79 Å². The fourth-order valence-corrected chi connectivity index (χ4v) is 1.91. The third-order valence-corrected chi connectivity index (χ3v) is 3.12. The SMILES string of the molecule is C=CCNCC(=O)NC(CC)c1ccc(Br)cc1. The van der Waals surface area contributed by atoms with Crippen molar-refractivity contribution in [2.24, 2.45) is 0 Å². The Balaban J connectivity index is 2.53. The smallest absolute Gasteiger partial charge is 0.234 e. The average Bonchev–Trinajstić information content (AvgIpc) is 2.37. The highest BCUT2D eigenvalue weighted by atomic mass is 79.9. The van der Waals surface area contributed by atoms with E-state index in [1.807, 2.05) is 24.3 Å². The lowest BCUT2D eigenvalue weighted by Crippen LogP contribution is -2.36. The monoisotopic (exact) mass is 310 g/mol. The van der Waals surface area contributed by atoms with E-state index in [0.717, 1.165) is 16.5 Å². The zero-order valence-corrected chi connectivity index (χ0v) is 12.2. The van der Waals surface area contributed by atoms with E-state index < -0.39 is 0 Å². The third kappa shape index (κ3) is 5.02. The fraction of sp³-hybridized carbons (Fsp3) is 0.357. The molecule has 0 radical (unpaired) electrons. The van der Waals surface area contributed by atoms with Crippen LogP contribution in [0.25, 0.3) is 0 Å². The van der Waals surface area contributed by atoms with Gasteiger partial charge in [-0.15, -0.1) is 6.58 Å². The predicted molar refractivity (Wildman–Crippen MR) is 78.4 cm³/mol. The maximum Gasteiger partial charge on any atom is 0.234 e. The van der Waals surface area contributed by atoms with Gasteiger partial charge in [0.2, 0.25) is 5.91 Å². The molecule has 1 rings (SSSR count). The van der Waals surface area contributed by atoms with Gasteiger partial charge in [0.05, 0.1) is 12.6 Å². The van der Waals surface area contributed by atoms with E-state index in [0.29, 0.717) is 13.1 Å². The van der Waals surface area contributed by atoms with Crippen molar-refractivity contribution in [2.45, 2.75) is 19.4 Å². The standard InChI is InChI=1S/C14H19BrN2O/c1-3-9-16-10-14(18)17-13(4-2)11-5-7-12(15)8-6-11/h3,5-8,13,16H,1,4,9-10H2,2H3,(H,17,18). The zero-order chi connectivity index (χ0) is 13.4. The normalized spacial score (nSPS) is 11.9. The van der Waals surface area contributed by atoms with Crippen LogP contribution in [0.4, 0.5) is 0 Å². The predicted octanol–water partition coefficient (Wildman–Crippen LogP) is 2.79. The Bertz CT molecular complexity index is 389. The van der Waals surface area contributed by atoms with Crippen molar-refractivity contribution in [3.63, 3.8) is 0 Å². The summed E-state index contributed by atoms with van der Waals surface area (Å²) < 4.78 is 1.04. The van der Waals surface area contributed by atoms with Gasteiger partial charge in [0, 0.05) is 11.0 Å². The van der Waals surface area contributed by atoms with E-state index >= 15 is 0 Å². The number of rotatable bonds is 7. The number of benzene rings is 1. The summed E-state index contributed by atoms with van der Waals surface area (Å²) in [6.45, 7) is 6.61. The average molecular weight is 311 g/mol. The molecule has 0 spiro atoms. The van der Waals surface area contributed by atoms with Gasteiger partial charge in [0.1, 0.15) is 0 Å². The number of carbonyl (C=O) groups is 1. The number of nitrogens with one attached hydrogen (secondary N) is 2. The molecule has 1 aromatic rings. The topological polar surface area (TPSA) is 41.1 Å². The molecule has 0 bridgehead atoms. The van der Waals surface area contributed by atoms with Crippen LogP contribution < -0.4 is 10.6 Å². The highest BCUT2D eigenvalue weighted by molar-refractivity contribution is 9.10.